The van der Waals surface area contributed by atoms with Crippen LogP contribution in [0.5, 0.6) is 0 Å². The van der Waals surface area contributed by atoms with Crippen molar-refractivity contribution in [3.63, 3.8) is 0 Å². The first-order valence-corrected chi connectivity index (χ1v) is 4.56. The third-order valence-electron chi connectivity index (χ3n) is 1.92. The van der Waals surface area contributed by atoms with Gasteiger partial charge in [-0.25, -0.2) is 0 Å². The molecule has 0 nitrogen and oxygen atoms in total. The van der Waals surface area contributed by atoms with Crippen LogP contribution in [0.25, 0.3) is 0 Å². The molecule has 1 aliphatic carbocycles. The Bertz CT molecular complexity index is 226. The molecule has 0 unspecified atom stereocenters. The van der Waals surface area contributed by atoms with Crippen molar-refractivity contribution < 1.29 is 0 Å². The van der Waals surface area contributed by atoms with Gasteiger partial charge in [-0.15, -0.1) is 0 Å². The standard InChI is InChI=1S/C12H16/c1-2-3-4-6-9-12-10-7-5-8-11-12/h2-7,10H,8-9,11H2,1H3/b3-2-,6-4-. The van der Waals surface area contributed by atoms with Gasteiger partial charge < -0.3 is 0 Å². The van der Waals surface area contributed by atoms with Crippen LogP contribution in [0.2, 0.25) is 0 Å². The lowest BCUT2D eigenvalue weighted by Crippen LogP contribution is -1.84. The Morgan fingerprint density at radius 3 is 3.00 bits per heavy atom. The average molecular weight is 160 g/mol. The number of rotatable bonds is 3. The predicted octanol–water partition coefficient (Wildman–Crippen LogP) is 3.79. The van der Waals surface area contributed by atoms with Crippen LogP contribution in [0, 0.1) is 0 Å². The van der Waals surface area contributed by atoms with Crippen LogP contribution in [0.4, 0.5) is 0 Å². The fourth-order valence-corrected chi connectivity index (χ4v) is 1.23. The van der Waals surface area contributed by atoms with Gasteiger partial charge in [0.05, 0.1) is 0 Å². The highest BCUT2D eigenvalue weighted by Crippen LogP contribution is 2.15. The van der Waals surface area contributed by atoms with E-state index < -0.39 is 0 Å². The second kappa shape index (κ2) is 5.59. The van der Waals surface area contributed by atoms with Gasteiger partial charge in [0.1, 0.15) is 0 Å². The molecule has 1 aliphatic rings. The quantitative estimate of drug-likeness (QED) is 0.551. The molecule has 64 valence electrons. The van der Waals surface area contributed by atoms with Gasteiger partial charge in [-0.05, 0) is 26.2 Å². The highest BCUT2D eigenvalue weighted by molar-refractivity contribution is 5.20. The summed E-state index contributed by atoms with van der Waals surface area (Å²) in [7, 11) is 0. The zero-order valence-corrected chi connectivity index (χ0v) is 7.66. The van der Waals surface area contributed by atoms with Gasteiger partial charge in [0.2, 0.25) is 0 Å². The van der Waals surface area contributed by atoms with Crippen molar-refractivity contribution in [3.8, 4) is 0 Å². The van der Waals surface area contributed by atoms with Crippen molar-refractivity contribution in [3.05, 3.63) is 48.1 Å². The third-order valence-corrected chi connectivity index (χ3v) is 1.92. The second-order valence-corrected chi connectivity index (χ2v) is 2.95. The van der Waals surface area contributed by atoms with E-state index in [9.17, 15) is 0 Å². The lowest BCUT2D eigenvalue weighted by atomic mass is 10.0. The van der Waals surface area contributed by atoms with Crippen molar-refractivity contribution >= 4 is 0 Å². The predicted molar refractivity (Wildman–Crippen MR) is 55.0 cm³/mol. The van der Waals surface area contributed by atoms with Crippen LogP contribution < -0.4 is 0 Å². The number of allylic oxidation sites excluding steroid dienone is 8. The zero-order chi connectivity index (χ0) is 8.65. The van der Waals surface area contributed by atoms with E-state index in [1.807, 2.05) is 13.0 Å². The minimum absolute atomic E-state index is 1.11. The summed E-state index contributed by atoms with van der Waals surface area (Å²) in [6, 6.07) is 0. The maximum atomic E-state index is 2.23. The van der Waals surface area contributed by atoms with Gasteiger partial charge in [0.15, 0.2) is 0 Å². The first-order chi connectivity index (χ1) is 5.93. The molecule has 0 heterocycles. The van der Waals surface area contributed by atoms with Crippen molar-refractivity contribution in [2.45, 2.75) is 26.2 Å². The minimum atomic E-state index is 1.11. The smallest absolute Gasteiger partial charge is 0.0132 e. The molecular formula is C12H16. The minimum Gasteiger partial charge on any atom is -0.0877 e. The van der Waals surface area contributed by atoms with Crippen molar-refractivity contribution in [1.29, 1.82) is 0 Å². The Hall–Kier alpha value is -1.04. The first kappa shape index (κ1) is 9.05. The van der Waals surface area contributed by atoms with Gasteiger partial charge in [0, 0.05) is 0 Å². The first-order valence-electron chi connectivity index (χ1n) is 4.56. The number of hydrogen-bond acceptors (Lipinski definition) is 0. The van der Waals surface area contributed by atoms with Gasteiger partial charge in [-0.1, -0.05) is 48.1 Å². The average Bonchev–Trinajstić information content (AvgIpc) is 2.14. The second-order valence-electron chi connectivity index (χ2n) is 2.95. The Kier molecular flexibility index (Phi) is 4.22. The molecule has 1 rings (SSSR count). The largest absolute Gasteiger partial charge is 0.0877 e. The lowest BCUT2D eigenvalue weighted by Gasteiger charge is -2.04. The van der Waals surface area contributed by atoms with E-state index in [0.29, 0.717) is 0 Å². The maximum absolute atomic E-state index is 2.23. The molecule has 0 aromatic rings. The van der Waals surface area contributed by atoms with Crippen LogP contribution in [-0.4, -0.2) is 0 Å². The van der Waals surface area contributed by atoms with Crippen LogP contribution >= 0.6 is 0 Å². The Morgan fingerprint density at radius 1 is 1.42 bits per heavy atom. The molecule has 0 aromatic carbocycles. The SMILES string of the molecule is C/C=C\C=C/CC1=CC=CCC1. The Balaban J connectivity index is 2.31. The Labute approximate surface area is 75.0 Å². The van der Waals surface area contributed by atoms with E-state index in [1.54, 1.807) is 5.57 Å². The van der Waals surface area contributed by atoms with Crippen LogP contribution in [0.15, 0.2) is 48.1 Å². The topological polar surface area (TPSA) is 0 Å². The summed E-state index contributed by atoms with van der Waals surface area (Å²) < 4.78 is 0. The molecule has 0 fully saturated rings. The molecule has 0 aliphatic heterocycles. The van der Waals surface area contributed by atoms with Crippen molar-refractivity contribution in [2.75, 3.05) is 0 Å². The van der Waals surface area contributed by atoms with Gasteiger partial charge in [-0.3, -0.25) is 0 Å². The van der Waals surface area contributed by atoms with E-state index in [2.05, 4.69) is 36.5 Å². The van der Waals surface area contributed by atoms with E-state index in [-0.39, 0.29) is 0 Å². The maximum Gasteiger partial charge on any atom is -0.0132 e. The van der Waals surface area contributed by atoms with Crippen molar-refractivity contribution in [2.24, 2.45) is 0 Å². The molecular weight excluding hydrogens is 144 g/mol. The van der Waals surface area contributed by atoms with Gasteiger partial charge in [-0.2, -0.15) is 0 Å². The van der Waals surface area contributed by atoms with Crippen LogP contribution in [0.1, 0.15) is 26.2 Å². The summed E-state index contributed by atoms with van der Waals surface area (Å²) in [5.74, 6) is 0. The summed E-state index contributed by atoms with van der Waals surface area (Å²) in [6.07, 6.45) is 18.6. The normalized spacial score (nSPS) is 17.6. The third kappa shape index (κ3) is 3.38. The molecule has 0 N–H and O–H groups in total. The van der Waals surface area contributed by atoms with Crippen LogP contribution in [-0.2, 0) is 0 Å². The molecule has 0 saturated heterocycles. The molecule has 0 bridgehead atoms. The lowest BCUT2D eigenvalue weighted by molar-refractivity contribution is 0.925. The molecule has 12 heavy (non-hydrogen) atoms. The van der Waals surface area contributed by atoms with Gasteiger partial charge in [0.25, 0.3) is 0 Å². The molecule has 0 amide bonds. The van der Waals surface area contributed by atoms with Crippen molar-refractivity contribution in [1.82, 2.24) is 0 Å². The fourth-order valence-electron chi connectivity index (χ4n) is 1.23. The summed E-state index contributed by atoms with van der Waals surface area (Å²) >= 11 is 0. The Morgan fingerprint density at radius 2 is 2.33 bits per heavy atom. The van der Waals surface area contributed by atoms with E-state index in [4.69, 9.17) is 0 Å². The molecule has 0 atom stereocenters. The number of hydrogen-bond donors (Lipinski definition) is 0. The zero-order valence-electron chi connectivity index (χ0n) is 7.66. The van der Waals surface area contributed by atoms with E-state index >= 15 is 0 Å². The van der Waals surface area contributed by atoms with E-state index in [1.165, 1.54) is 12.8 Å². The summed E-state index contributed by atoms with van der Waals surface area (Å²) in [4.78, 5) is 0. The molecule has 0 heteroatoms. The summed E-state index contributed by atoms with van der Waals surface area (Å²) in [5.41, 5.74) is 1.54. The highest BCUT2D eigenvalue weighted by Gasteiger charge is 1.95. The van der Waals surface area contributed by atoms with E-state index in [0.717, 1.165) is 6.42 Å². The molecule has 0 radical (unpaired) electrons. The molecule has 0 saturated carbocycles. The van der Waals surface area contributed by atoms with Gasteiger partial charge >= 0.3 is 0 Å². The molecule has 0 spiro atoms. The summed E-state index contributed by atoms with van der Waals surface area (Å²) in [5, 5.41) is 0. The fraction of sp³-hybridized carbons (Fsp3) is 0.333. The monoisotopic (exact) mass is 160 g/mol. The molecule has 0 aromatic heterocycles. The summed E-state index contributed by atoms with van der Waals surface area (Å²) in [6.45, 7) is 2.03. The van der Waals surface area contributed by atoms with Crippen LogP contribution in [0.3, 0.4) is 0 Å². The highest BCUT2D eigenvalue weighted by atomic mass is 14.0.